The number of furan rings is 1. The van der Waals surface area contributed by atoms with Crippen LogP contribution in [0.4, 0.5) is 0 Å². The fourth-order valence-electron chi connectivity index (χ4n) is 1.29. The molecule has 0 aliphatic carbocycles. The molecular weight excluding hydrogens is 256 g/mol. The largest absolute Gasteiger partial charge is 0.461 e. The molecule has 18 heavy (non-hydrogen) atoms. The van der Waals surface area contributed by atoms with Crippen molar-refractivity contribution >= 4 is 23.3 Å². The predicted molar refractivity (Wildman–Crippen MR) is 64.6 cm³/mol. The summed E-state index contributed by atoms with van der Waals surface area (Å²) in [7, 11) is 0. The number of carbonyl (C=O) groups is 2. The van der Waals surface area contributed by atoms with Crippen molar-refractivity contribution in [1.29, 1.82) is 0 Å². The van der Waals surface area contributed by atoms with Crippen LogP contribution in [-0.4, -0.2) is 23.2 Å². The number of nitrogens with one attached hydrogen (secondary N) is 1. The van der Waals surface area contributed by atoms with Crippen LogP contribution in [0.3, 0.4) is 0 Å². The normalized spacial score (nSPS) is 10.1. The molecule has 1 amide bonds. The highest BCUT2D eigenvalue weighted by molar-refractivity contribution is 6.30. The zero-order chi connectivity index (χ0) is 13.0. The lowest BCUT2D eigenvalue weighted by molar-refractivity contribution is 0.0889. The summed E-state index contributed by atoms with van der Waals surface area (Å²) in [5, 5.41) is 2.90. The molecule has 0 unspecified atom stereocenters. The van der Waals surface area contributed by atoms with E-state index in [9.17, 15) is 9.59 Å². The minimum atomic E-state index is -0.438. The number of amides is 1. The van der Waals surface area contributed by atoms with Gasteiger partial charge in [0.15, 0.2) is 5.76 Å². The van der Waals surface area contributed by atoms with E-state index in [1.807, 2.05) is 0 Å². The van der Waals surface area contributed by atoms with Crippen LogP contribution in [0.2, 0.25) is 5.02 Å². The molecule has 0 aliphatic heterocycles. The third-order valence-corrected chi connectivity index (χ3v) is 2.39. The Balaban J connectivity index is 1.92. The quantitative estimate of drug-likeness (QED) is 0.857. The number of rotatable bonds is 4. The number of hydrogen-bond donors (Lipinski definition) is 1. The monoisotopic (exact) mass is 264 g/mol. The maximum atomic E-state index is 11.6. The lowest BCUT2D eigenvalue weighted by Crippen LogP contribution is -2.29. The summed E-state index contributed by atoms with van der Waals surface area (Å²) in [6.07, 6.45) is 2.76. The number of hydrogen-bond acceptors (Lipinski definition) is 4. The molecule has 0 radical (unpaired) electrons. The molecule has 5 nitrogen and oxygen atoms in total. The SMILES string of the molecule is O=C(NCC(=O)c1ccco1)c1ccc(Cl)cn1. The Kier molecular flexibility index (Phi) is 3.74. The molecule has 0 aliphatic rings. The van der Waals surface area contributed by atoms with Crippen LogP contribution in [0.1, 0.15) is 21.0 Å². The van der Waals surface area contributed by atoms with E-state index in [-0.39, 0.29) is 23.8 Å². The van der Waals surface area contributed by atoms with Gasteiger partial charge in [0.25, 0.3) is 5.91 Å². The van der Waals surface area contributed by atoms with Crippen molar-refractivity contribution in [2.75, 3.05) is 6.54 Å². The average Bonchev–Trinajstić information content (AvgIpc) is 2.90. The molecule has 0 aromatic carbocycles. The second-order valence-corrected chi connectivity index (χ2v) is 3.88. The van der Waals surface area contributed by atoms with E-state index < -0.39 is 5.91 Å². The van der Waals surface area contributed by atoms with Gasteiger partial charge >= 0.3 is 0 Å². The number of Topliss-reactive ketones (excluding diaryl/α,β-unsaturated/α-hetero) is 1. The third-order valence-electron chi connectivity index (χ3n) is 2.17. The first-order chi connectivity index (χ1) is 8.66. The molecule has 0 saturated carbocycles. The number of ketones is 1. The summed E-state index contributed by atoms with van der Waals surface area (Å²) in [5.74, 6) is -0.534. The first-order valence-electron chi connectivity index (χ1n) is 5.13. The van der Waals surface area contributed by atoms with Crippen molar-refractivity contribution < 1.29 is 14.0 Å². The Morgan fingerprint density at radius 3 is 2.78 bits per heavy atom. The Bertz CT molecular complexity index is 549. The summed E-state index contributed by atoms with van der Waals surface area (Å²) >= 11 is 5.65. The van der Waals surface area contributed by atoms with Gasteiger partial charge in [-0.15, -0.1) is 0 Å². The molecule has 0 atom stereocenters. The molecule has 2 aromatic heterocycles. The van der Waals surface area contributed by atoms with Gasteiger partial charge < -0.3 is 9.73 Å². The van der Waals surface area contributed by atoms with Gasteiger partial charge in [-0.25, -0.2) is 4.98 Å². The van der Waals surface area contributed by atoms with Crippen molar-refractivity contribution in [3.63, 3.8) is 0 Å². The molecule has 2 rings (SSSR count). The van der Waals surface area contributed by atoms with Crippen molar-refractivity contribution in [1.82, 2.24) is 10.3 Å². The topological polar surface area (TPSA) is 72.2 Å². The van der Waals surface area contributed by atoms with E-state index in [1.165, 1.54) is 24.6 Å². The Hall–Kier alpha value is -2.14. The molecule has 2 heterocycles. The zero-order valence-corrected chi connectivity index (χ0v) is 9.98. The number of aromatic nitrogens is 1. The first kappa shape index (κ1) is 12.3. The average molecular weight is 265 g/mol. The molecule has 0 fully saturated rings. The fraction of sp³-hybridized carbons (Fsp3) is 0.0833. The summed E-state index contributed by atoms with van der Waals surface area (Å²) in [4.78, 5) is 27.0. The smallest absolute Gasteiger partial charge is 0.270 e. The number of nitrogens with zero attached hydrogens (tertiary/aromatic N) is 1. The lowest BCUT2D eigenvalue weighted by Gasteiger charge is -2.02. The predicted octanol–water partition coefficient (Wildman–Crippen LogP) is 1.94. The molecule has 0 saturated heterocycles. The molecule has 6 heteroatoms. The summed E-state index contributed by atoms with van der Waals surface area (Å²) in [6.45, 7) is -0.142. The second-order valence-electron chi connectivity index (χ2n) is 3.44. The highest BCUT2D eigenvalue weighted by Crippen LogP contribution is 2.06. The molecule has 92 valence electrons. The minimum absolute atomic E-state index is 0.142. The Labute approximate surface area is 108 Å². The van der Waals surface area contributed by atoms with E-state index >= 15 is 0 Å². The van der Waals surface area contributed by atoms with Gasteiger partial charge in [0.2, 0.25) is 5.78 Å². The van der Waals surface area contributed by atoms with Crippen molar-refractivity contribution in [3.05, 3.63) is 53.2 Å². The van der Waals surface area contributed by atoms with Gasteiger partial charge in [0.05, 0.1) is 17.8 Å². The Morgan fingerprint density at radius 2 is 2.17 bits per heavy atom. The van der Waals surface area contributed by atoms with Gasteiger partial charge in [0, 0.05) is 6.20 Å². The first-order valence-corrected chi connectivity index (χ1v) is 5.51. The van der Waals surface area contributed by atoms with E-state index in [0.29, 0.717) is 5.02 Å². The van der Waals surface area contributed by atoms with Crippen LogP contribution in [0.15, 0.2) is 41.1 Å². The molecule has 0 bridgehead atoms. The summed E-state index contributed by atoms with van der Waals surface area (Å²) < 4.78 is 4.92. The molecule has 0 spiro atoms. The highest BCUT2D eigenvalue weighted by Gasteiger charge is 2.12. The van der Waals surface area contributed by atoms with Gasteiger partial charge in [-0.2, -0.15) is 0 Å². The van der Waals surface area contributed by atoms with Crippen LogP contribution in [-0.2, 0) is 0 Å². The van der Waals surface area contributed by atoms with Crippen LogP contribution in [0, 0.1) is 0 Å². The van der Waals surface area contributed by atoms with E-state index in [4.69, 9.17) is 16.0 Å². The van der Waals surface area contributed by atoms with Gasteiger partial charge in [0.1, 0.15) is 5.69 Å². The highest BCUT2D eigenvalue weighted by atomic mass is 35.5. The molecule has 2 aromatic rings. The van der Waals surface area contributed by atoms with Crippen LogP contribution < -0.4 is 5.32 Å². The molecular formula is C12H9ClN2O3. The maximum Gasteiger partial charge on any atom is 0.270 e. The number of pyridine rings is 1. The van der Waals surface area contributed by atoms with Gasteiger partial charge in [-0.05, 0) is 24.3 Å². The maximum absolute atomic E-state index is 11.6. The number of halogens is 1. The second kappa shape index (κ2) is 5.46. The van der Waals surface area contributed by atoms with Crippen molar-refractivity contribution in [2.45, 2.75) is 0 Å². The minimum Gasteiger partial charge on any atom is -0.461 e. The Morgan fingerprint density at radius 1 is 1.33 bits per heavy atom. The zero-order valence-electron chi connectivity index (χ0n) is 9.22. The van der Waals surface area contributed by atoms with Crippen LogP contribution >= 0.6 is 11.6 Å². The van der Waals surface area contributed by atoms with Gasteiger partial charge in [-0.3, -0.25) is 9.59 Å². The van der Waals surface area contributed by atoms with Crippen molar-refractivity contribution in [3.8, 4) is 0 Å². The standard InChI is InChI=1S/C12H9ClN2O3/c13-8-3-4-9(14-6-8)12(17)15-7-10(16)11-2-1-5-18-11/h1-6H,7H2,(H,15,17). The van der Waals surface area contributed by atoms with Gasteiger partial charge in [-0.1, -0.05) is 11.6 Å². The van der Waals surface area contributed by atoms with E-state index in [2.05, 4.69) is 10.3 Å². The third kappa shape index (κ3) is 2.95. The fourth-order valence-corrected chi connectivity index (χ4v) is 1.40. The van der Waals surface area contributed by atoms with Crippen molar-refractivity contribution in [2.24, 2.45) is 0 Å². The van der Waals surface area contributed by atoms with Crippen LogP contribution in [0.25, 0.3) is 0 Å². The molecule has 1 N–H and O–H groups in total. The van der Waals surface area contributed by atoms with Crippen LogP contribution in [0.5, 0.6) is 0 Å². The van der Waals surface area contributed by atoms with E-state index in [1.54, 1.807) is 12.1 Å². The lowest BCUT2D eigenvalue weighted by atomic mass is 10.3. The summed E-state index contributed by atoms with van der Waals surface area (Å²) in [6, 6.07) is 6.18. The summed E-state index contributed by atoms with van der Waals surface area (Å²) in [5.41, 5.74) is 0.201. The van der Waals surface area contributed by atoms with E-state index in [0.717, 1.165) is 0 Å². The number of carbonyl (C=O) groups excluding carboxylic acids is 2.